The van der Waals surface area contributed by atoms with Gasteiger partial charge in [-0.15, -0.1) is 0 Å². The highest BCUT2D eigenvalue weighted by atomic mass is 35.5. The highest BCUT2D eigenvalue weighted by molar-refractivity contribution is 7.80. The maximum atomic E-state index is 12.4. The predicted octanol–water partition coefficient (Wildman–Crippen LogP) is 4.80. The smallest absolute Gasteiger partial charge is 0.258 e. The quantitative estimate of drug-likeness (QED) is 0.587. The molecule has 1 heterocycles. The Balaban J connectivity index is 1.84. The Morgan fingerprint density at radius 2 is 2.00 bits per heavy atom. The average Bonchev–Trinajstić information content (AvgIpc) is 2.64. The van der Waals surface area contributed by atoms with Crippen LogP contribution in [0, 0.1) is 13.8 Å². The molecular formula is C21H23ClN4OS. The Bertz CT molecular complexity index is 1080. The summed E-state index contributed by atoms with van der Waals surface area (Å²) in [7, 11) is 0. The lowest BCUT2D eigenvalue weighted by molar-refractivity contribution is 0.406. The molecule has 3 aromatic rings. The number of benzene rings is 2. The van der Waals surface area contributed by atoms with Crippen LogP contribution >= 0.6 is 23.8 Å². The third-order valence-electron chi connectivity index (χ3n) is 4.60. The van der Waals surface area contributed by atoms with E-state index in [4.69, 9.17) is 23.8 Å². The minimum absolute atomic E-state index is 0.179. The molecule has 0 fully saturated rings. The minimum atomic E-state index is -0.179. The maximum absolute atomic E-state index is 12.4. The van der Waals surface area contributed by atoms with Crippen LogP contribution in [-0.4, -0.2) is 26.5 Å². The predicted molar refractivity (Wildman–Crippen MR) is 120 cm³/mol. The molecule has 28 heavy (non-hydrogen) atoms. The molecule has 0 amide bonds. The van der Waals surface area contributed by atoms with Gasteiger partial charge in [-0.25, -0.2) is 4.98 Å². The highest BCUT2D eigenvalue weighted by Crippen LogP contribution is 2.17. The summed E-state index contributed by atoms with van der Waals surface area (Å²) in [4.78, 5) is 21.8. The molecule has 0 aliphatic heterocycles. The zero-order valence-corrected chi connectivity index (χ0v) is 17.7. The van der Waals surface area contributed by atoms with E-state index in [0.29, 0.717) is 33.4 Å². The zero-order valence-electron chi connectivity index (χ0n) is 16.2. The second-order valence-electron chi connectivity index (χ2n) is 6.82. The molecule has 0 radical (unpaired) electrons. The fraction of sp³-hybridized carbons (Fsp3) is 0.286. The van der Waals surface area contributed by atoms with Gasteiger partial charge in [0, 0.05) is 17.3 Å². The lowest BCUT2D eigenvalue weighted by Gasteiger charge is -2.25. The van der Waals surface area contributed by atoms with E-state index >= 15 is 0 Å². The number of nitrogens with zero attached hydrogens (tertiary/aromatic N) is 2. The van der Waals surface area contributed by atoms with Crippen molar-refractivity contribution >= 4 is 45.5 Å². The summed E-state index contributed by atoms with van der Waals surface area (Å²) in [5, 5.41) is 4.96. The van der Waals surface area contributed by atoms with Crippen LogP contribution in [0.3, 0.4) is 0 Å². The number of fused-ring (bicyclic) bond motifs is 1. The van der Waals surface area contributed by atoms with Crippen LogP contribution in [-0.2, 0) is 6.54 Å². The Hall–Kier alpha value is -2.44. The van der Waals surface area contributed by atoms with Crippen molar-refractivity contribution < 1.29 is 0 Å². The van der Waals surface area contributed by atoms with Gasteiger partial charge in [-0.2, -0.15) is 0 Å². The third-order valence-corrected chi connectivity index (χ3v) is 5.19. The molecule has 2 aromatic carbocycles. The topological polar surface area (TPSA) is 61.0 Å². The monoisotopic (exact) mass is 414 g/mol. The lowest BCUT2D eigenvalue weighted by Crippen LogP contribution is -2.36. The van der Waals surface area contributed by atoms with Gasteiger partial charge in [0.25, 0.3) is 5.56 Å². The molecule has 0 spiro atoms. The number of aryl methyl sites for hydroxylation is 2. The number of nitrogens with one attached hydrogen (secondary N) is 2. The van der Waals surface area contributed by atoms with E-state index in [-0.39, 0.29) is 5.56 Å². The van der Waals surface area contributed by atoms with Crippen molar-refractivity contribution in [3.63, 3.8) is 0 Å². The molecule has 2 N–H and O–H groups in total. The number of H-pyrrole nitrogens is 1. The number of anilines is 1. The van der Waals surface area contributed by atoms with E-state index in [1.54, 1.807) is 18.2 Å². The summed E-state index contributed by atoms with van der Waals surface area (Å²) < 4.78 is 0. The largest absolute Gasteiger partial charge is 0.342 e. The molecule has 146 valence electrons. The molecule has 0 saturated carbocycles. The van der Waals surface area contributed by atoms with Crippen molar-refractivity contribution in [2.75, 3.05) is 11.9 Å². The van der Waals surface area contributed by atoms with Crippen molar-refractivity contribution in [1.82, 2.24) is 14.9 Å². The number of aromatic amines is 1. The SMILES string of the molecule is CCCN(Cc1nc2cc(Cl)ccc2c(=O)[nH]1)C(=S)Nc1ccc(C)c(C)c1. The standard InChI is InChI=1S/C21H23ClN4OS/c1-4-9-26(21(28)23-16-7-5-13(2)14(3)10-16)12-19-24-18-11-15(22)6-8-17(18)20(27)25-19/h5-8,10-11H,4,9,12H2,1-3H3,(H,23,28)(H,24,25,27). The number of hydrogen-bond donors (Lipinski definition) is 2. The van der Waals surface area contributed by atoms with Gasteiger partial charge in [0.05, 0.1) is 17.4 Å². The van der Waals surface area contributed by atoms with E-state index in [0.717, 1.165) is 18.7 Å². The number of halogens is 1. The first-order valence-electron chi connectivity index (χ1n) is 9.19. The van der Waals surface area contributed by atoms with Crippen LogP contribution in [0.2, 0.25) is 5.02 Å². The van der Waals surface area contributed by atoms with Crippen molar-refractivity contribution in [1.29, 1.82) is 0 Å². The molecule has 0 bridgehead atoms. The van der Waals surface area contributed by atoms with Crippen LogP contribution in [0.15, 0.2) is 41.2 Å². The second kappa shape index (κ2) is 8.71. The lowest BCUT2D eigenvalue weighted by atomic mass is 10.1. The normalized spacial score (nSPS) is 10.9. The van der Waals surface area contributed by atoms with Crippen LogP contribution in [0.4, 0.5) is 5.69 Å². The fourth-order valence-corrected chi connectivity index (χ4v) is 3.40. The molecule has 7 heteroatoms. The fourth-order valence-electron chi connectivity index (χ4n) is 2.96. The van der Waals surface area contributed by atoms with Crippen molar-refractivity contribution in [2.24, 2.45) is 0 Å². The van der Waals surface area contributed by atoms with E-state index in [2.05, 4.69) is 48.2 Å². The molecular weight excluding hydrogens is 392 g/mol. The van der Waals surface area contributed by atoms with Crippen LogP contribution in [0.25, 0.3) is 10.9 Å². The number of aromatic nitrogens is 2. The second-order valence-corrected chi connectivity index (χ2v) is 7.65. The summed E-state index contributed by atoms with van der Waals surface area (Å²) in [6.45, 7) is 7.38. The Labute approximate surface area is 174 Å². The van der Waals surface area contributed by atoms with Gasteiger partial charge in [0.1, 0.15) is 5.82 Å². The Kier molecular flexibility index (Phi) is 6.31. The first-order chi connectivity index (χ1) is 13.4. The van der Waals surface area contributed by atoms with Crippen molar-refractivity contribution in [3.8, 4) is 0 Å². The average molecular weight is 415 g/mol. The van der Waals surface area contributed by atoms with E-state index in [1.807, 2.05) is 11.0 Å². The van der Waals surface area contributed by atoms with E-state index < -0.39 is 0 Å². The van der Waals surface area contributed by atoms with Crippen LogP contribution in [0.1, 0.15) is 30.3 Å². The van der Waals surface area contributed by atoms with Gasteiger partial charge in [-0.3, -0.25) is 4.79 Å². The molecule has 5 nitrogen and oxygen atoms in total. The summed E-state index contributed by atoms with van der Waals surface area (Å²) >= 11 is 11.7. The van der Waals surface area contributed by atoms with Crippen molar-refractivity contribution in [3.05, 3.63) is 68.7 Å². The molecule has 0 saturated heterocycles. The van der Waals surface area contributed by atoms with E-state index in [9.17, 15) is 4.79 Å². The summed E-state index contributed by atoms with van der Waals surface area (Å²) in [5.41, 5.74) is 3.78. The summed E-state index contributed by atoms with van der Waals surface area (Å²) in [6, 6.07) is 11.2. The van der Waals surface area contributed by atoms with Crippen molar-refractivity contribution in [2.45, 2.75) is 33.7 Å². The third kappa shape index (κ3) is 4.69. The summed E-state index contributed by atoms with van der Waals surface area (Å²) in [5.74, 6) is 0.553. The number of rotatable bonds is 5. The van der Waals surface area contributed by atoms with Crippen LogP contribution < -0.4 is 10.9 Å². The van der Waals surface area contributed by atoms with Gasteiger partial charge < -0.3 is 15.2 Å². The molecule has 0 aliphatic rings. The van der Waals surface area contributed by atoms with E-state index in [1.165, 1.54) is 11.1 Å². The van der Waals surface area contributed by atoms with Gasteiger partial charge in [0.2, 0.25) is 0 Å². The van der Waals surface area contributed by atoms with Gasteiger partial charge in [0.15, 0.2) is 5.11 Å². The molecule has 3 rings (SSSR count). The van der Waals surface area contributed by atoms with Gasteiger partial charge in [-0.1, -0.05) is 24.6 Å². The zero-order chi connectivity index (χ0) is 20.3. The minimum Gasteiger partial charge on any atom is -0.342 e. The highest BCUT2D eigenvalue weighted by Gasteiger charge is 2.13. The molecule has 1 aromatic heterocycles. The molecule has 0 atom stereocenters. The van der Waals surface area contributed by atoms with Gasteiger partial charge >= 0.3 is 0 Å². The first kappa shape index (κ1) is 20.3. The number of thiocarbonyl (C=S) groups is 1. The Morgan fingerprint density at radius 1 is 1.21 bits per heavy atom. The van der Waals surface area contributed by atoms with Crippen LogP contribution in [0.5, 0.6) is 0 Å². The molecule has 0 unspecified atom stereocenters. The van der Waals surface area contributed by atoms with Gasteiger partial charge in [-0.05, 0) is 73.9 Å². The molecule has 0 aliphatic carbocycles. The Morgan fingerprint density at radius 3 is 2.71 bits per heavy atom. The first-order valence-corrected chi connectivity index (χ1v) is 9.97. The number of hydrogen-bond acceptors (Lipinski definition) is 3. The summed E-state index contributed by atoms with van der Waals surface area (Å²) in [6.07, 6.45) is 0.915. The maximum Gasteiger partial charge on any atom is 0.258 e.